The van der Waals surface area contributed by atoms with E-state index in [1.54, 1.807) is 12.1 Å². The number of aromatic nitrogens is 2. The molecule has 1 heterocycles. The Morgan fingerprint density at radius 2 is 2.12 bits per heavy atom. The van der Waals surface area contributed by atoms with Crippen molar-refractivity contribution in [1.29, 1.82) is 0 Å². The molecule has 6 heteroatoms. The maximum Gasteiger partial charge on any atom is 0.191 e. The van der Waals surface area contributed by atoms with Gasteiger partial charge in [0.1, 0.15) is 5.82 Å². The van der Waals surface area contributed by atoms with Crippen molar-refractivity contribution in [3.8, 4) is 0 Å². The van der Waals surface area contributed by atoms with Gasteiger partial charge in [0.05, 0.1) is 12.7 Å². The predicted octanol–water partition coefficient (Wildman–Crippen LogP) is 3.02. The minimum atomic E-state index is -0.236. The van der Waals surface area contributed by atoms with Gasteiger partial charge in [0, 0.05) is 31.7 Å². The number of hydrogen-bond acceptors (Lipinski definition) is 2. The largest absolute Gasteiger partial charge is 0.357 e. The van der Waals surface area contributed by atoms with Gasteiger partial charge < -0.3 is 10.6 Å². The molecule has 26 heavy (non-hydrogen) atoms. The molecule has 0 aliphatic carbocycles. The van der Waals surface area contributed by atoms with E-state index in [0.717, 1.165) is 37.5 Å². The Labute approximate surface area is 155 Å². The van der Waals surface area contributed by atoms with Gasteiger partial charge in [0.15, 0.2) is 5.96 Å². The van der Waals surface area contributed by atoms with Crippen molar-refractivity contribution in [2.75, 3.05) is 19.6 Å². The molecule has 1 aromatic heterocycles. The number of benzene rings is 1. The number of halogens is 1. The Balaban J connectivity index is 1.88. The number of nitrogens with zero attached hydrogens (tertiary/aromatic N) is 3. The van der Waals surface area contributed by atoms with Gasteiger partial charge in [-0.1, -0.05) is 26.0 Å². The van der Waals surface area contributed by atoms with Crippen LogP contribution in [0.5, 0.6) is 0 Å². The Morgan fingerprint density at radius 1 is 1.31 bits per heavy atom. The molecule has 0 bridgehead atoms. The summed E-state index contributed by atoms with van der Waals surface area (Å²) >= 11 is 0. The number of aryl methyl sites for hydroxylation is 2. The van der Waals surface area contributed by atoms with Crippen molar-refractivity contribution in [3.05, 3.63) is 53.6 Å². The maximum atomic E-state index is 13.5. The smallest absolute Gasteiger partial charge is 0.191 e. The zero-order valence-corrected chi connectivity index (χ0v) is 16.2. The summed E-state index contributed by atoms with van der Waals surface area (Å²) in [4.78, 5) is 4.70. The number of nitrogens with one attached hydrogen (secondary N) is 2. The second-order valence-corrected chi connectivity index (χ2v) is 7.14. The summed E-state index contributed by atoms with van der Waals surface area (Å²) in [6.45, 7) is 8.42. The molecule has 0 unspecified atom stereocenters. The third-order valence-corrected chi connectivity index (χ3v) is 4.28. The summed E-state index contributed by atoms with van der Waals surface area (Å²) in [6, 6.07) is 6.76. The summed E-state index contributed by atoms with van der Waals surface area (Å²) < 4.78 is 15.3. The quantitative estimate of drug-likeness (QED) is 0.433. The number of aliphatic imine (C=N–C) groups is 1. The minimum absolute atomic E-state index is 0.208. The number of rotatable bonds is 8. The fraction of sp³-hybridized carbons (Fsp3) is 0.500. The van der Waals surface area contributed by atoms with E-state index in [-0.39, 0.29) is 11.2 Å². The highest BCUT2D eigenvalue weighted by molar-refractivity contribution is 5.79. The Morgan fingerprint density at radius 3 is 2.77 bits per heavy atom. The third-order valence-electron chi connectivity index (χ3n) is 4.28. The highest BCUT2D eigenvalue weighted by Gasteiger charge is 2.21. The van der Waals surface area contributed by atoms with Crippen LogP contribution in [0, 0.1) is 5.82 Å². The van der Waals surface area contributed by atoms with Crippen LogP contribution in [0.4, 0.5) is 4.39 Å². The monoisotopic (exact) mass is 359 g/mol. The molecule has 2 N–H and O–H groups in total. The topological polar surface area (TPSA) is 54.2 Å². The van der Waals surface area contributed by atoms with Crippen molar-refractivity contribution in [3.63, 3.8) is 0 Å². The van der Waals surface area contributed by atoms with E-state index in [4.69, 9.17) is 4.99 Å². The van der Waals surface area contributed by atoms with Crippen LogP contribution in [0.1, 0.15) is 38.3 Å². The first-order chi connectivity index (χ1) is 12.4. The molecular weight excluding hydrogens is 329 g/mol. The van der Waals surface area contributed by atoms with E-state index in [1.165, 1.54) is 11.6 Å². The van der Waals surface area contributed by atoms with Crippen LogP contribution in [0.25, 0.3) is 0 Å². The van der Waals surface area contributed by atoms with Crippen molar-refractivity contribution in [2.45, 2.75) is 39.0 Å². The summed E-state index contributed by atoms with van der Waals surface area (Å²) in [6.07, 6.45) is 5.93. The van der Waals surface area contributed by atoms with Gasteiger partial charge in [-0.15, -0.1) is 0 Å². The van der Waals surface area contributed by atoms with Crippen molar-refractivity contribution in [2.24, 2.45) is 12.0 Å². The molecule has 0 saturated heterocycles. The summed E-state index contributed by atoms with van der Waals surface area (Å²) in [7, 11) is 1.93. The second kappa shape index (κ2) is 9.36. The van der Waals surface area contributed by atoms with Gasteiger partial charge in [-0.05, 0) is 43.0 Å². The normalized spacial score (nSPS) is 12.3. The lowest BCUT2D eigenvalue weighted by Crippen LogP contribution is -2.39. The molecular formula is C20H30FN5. The van der Waals surface area contributed by atoms with Crippen molar-refractivity contribution in [1.82, 2.24) is 20.4 Å². The summed E-state index contributed by atoms with van der Waals surface area (Å²) in [5.41, 5.74) is 1.96. The Kier molecular flexibility index (Phi) is 7.18. The molecule has 0 fully saturated rings. The van der Waals surface area contributed by atoms with Crippen LogP contribution in [0.15, 0.2) is 41.7 Å². The lowest BCUT2D eigenvalue weighted by atomic mass is 9.85. The SMILES string of the molecule is CCNC(=NCC(C)(C)c1cccc(F)c1)NCCCc1cnn(C)c1. The molecule has 0 aliphatic heterocycles. The molecule has 0 atom stereocenters. The fourth-order valence-electron chi connectivity index (χ4n) is 2.72. The molecule has 142 valence electrons. The molecule has 2 aromatic rings. The van der Waals surface area contributed by atoms with E-state index in [0.29, 0.717) is 6.54 Å². The lowest BCUT2D eigenvalue weighted by molar-refractivity contribution is 0.529. The molecule has 0 aliphatic rings. The third kappa shape index (κ3) is 6.17. The highest BCUT2D eigenvalue weighted by Crippen LogP contribution is 2.24. The molecule has 0 amide bonds. The standard InChI is InChI=1S/C20H30FN5/c1-5-22-19(23-11-7-8-16-13-25-26(4)14-16)24-15-20(2,3)17-9-6-10-18(21)12-17/h6,9-10,12-14H,5,7-8,11,15H2,1-4H3,(H2,22,23,24). The first-order valence-electron chi connectivity index (χ1n) is 9.16. The van der Waals surface area contributed by atoms with Crippen LogP contribution in [-0.4, -0.2) is 35.4 Å². The molecule has 0 saturated carbocycles. The second-order valence-electron chi connectivity index (χ2n) is 7.14. The van der Waals surface area contributed by atoms with Gasteiger partial charge >= 0.3 is 0 Å². The summed E-state index contributed by atoms with van der Waals surface area (Å²) in [5.74, 6) is 0.586. The van der Waals surface area contributed by atoms with Crippen LogP contribution < -0.4 is 10.6 Å². The van der Waals surface area contributed by atoms with Crippen LogP contribution in [0.3, 0.4) is 0 Å². The lowest BCUT2D eigenvalue weighted by Gasteiger charge is -2.24. The van der Waals surface area contributed by atoms with E-state index >= 15 is 0 Å². The molecule has 1 aromatic carbocycles. The average molecular weight is 359 g/mol. The minimum Gasteiger partial charge on any atom is -0.357 e. The van der Waals surface area contributed by atoms with E-state index in [2.05, 4.69) is 29.6 Å². The van der Waals surface area contributed by atoms with Crippen LogP contribution in [-0.2, 0) is 18.9 Å². The molecule has 5 nitrogen and oxygen atoms in total. The van der Waals surface area contributed by atoms with Crippen molar-refractivity contribution < 1.29 is 4.39 Å². The predicted molar refractivity (Wildman–Crippen MR) is 105 cm³/mol. The average Bonchev–Trinajstić information content (AvgIpc) is 3.02. The van der Waals surface area contributed by atoms with Gasteiger partial charge in [-0.3, -0.25) is 9.67 Å². The van der Waals surface area contributed by atoms with Gasteiger partial charge in [-0.2, -0.15) is 5.10 Å². The van der Waals surface area contributed by atoms with Gasteiger partial charge in [-0.25, -0.2) is 4.39 Å². The van der Waals surface area contributed by atoms with Crippen molar-refractivity contribution >= 4 is 5.96 Å². The fourth-order valence-corrected chi connectivity index (χ4v) is 2.72. The number of hydrogen-bond donors (Lipinski definition) is 2. The van der Waals surface area contributed by atoms with Crippen LogP contribution >= 0.6 is 0 Å². The van der Waals surface area contributed by atoms with E-state index < -0.39 is 0 Å². The van der Waals surface area contributed by atoms with Crippen LogP contribution in [0.2, 0.25) is 0 Å². The first-order valence-corrected chi connectivity index (χ1v) is 9.16. The zero-order valence-electron chi connectivity index (χ0n) is 16.2. The Bertz CT molecular complexity index is 720. The number of guanidine groups is 1. The highest BCUT2D eigenvalue weighted by atomic mass is 19.1. The zero-order chi connectivity index (χ0) is 19.0. The van der Waals surface area contributed by atoms with Gasteiger partial charge in [0.25, 0.3) is 0 Å². The van der Waals surface area contributed by atoms with E-state index in [1.807, 2.05) is 37.1 Å². The molecule has 0 radical (unpaired) electrons. The summed E-state index contributed by atoms with van der Waals surface area (Å²) in [5, 5.41) is 10.8. The molecule has 0 spiro atoms. The Hall–Kier alpha value is -2.37. The first kappa shape index (κ1) is 19.9. The van der Waals surface area contributed by atoms with E-state index in [9.17, 15) is 4.39 Å². The molecule has 2 rings (SSSR count). The maximum absolute atomic E-state index is 13.5. The van der Waals surface area contributed by atoms with Gasteiger partial charge in [0.2, 0.25) is 0 Å².